The maximum atomic E-state index is 13.2. The Labute approximate surface area is 190 Å². The Morgan fingerprint density at radius 1 is 1.03 bits per heavy atom. The highest BCUT2D eigenvalue weighted by molar-refractivity contribution is 7.91. The lowest BCUT2D eigenvalue weighted by atomic mass is 9.97. The van der Waals surface area contributed by atoms with Gasteiger partial charge in [0, 0.05) is 45.3 Å². The highest BCUT2D eigenvalue weighted by Crippen LogP contribution is 2.27. The summed E-state index contributed by atoms with van der Waals surface area (Å²) in [6.07, 6.45) is 1.98. The number of sulfone groups is 1. The summed E-state index contributed by atoms with van der Waals surface area (Å²) in [6.45, 7) is 3.02. The van der Waals surface area contributed by atoms with Gasteiger partial charge in [-0.3, -0.25) is 9.69 Å². The molecule has 0 bridgehead atoms. The van der Waals surface area contributed by atoms with Crippen LogP contribution in [0.25, 0.3) is 0 Å². The minimum absolute atomic E-state index is 0.00155. The van der Waals surface area contributed by atoms with Crippen LogP contribution in [0.2, 0.25) is 0 Å². The van der Waals surface area contributed by atoms with E-state index >= 15 is 0 Å². The SMILES string of the molecule is COc1ccc(S(=O)(=O)N2CCC[C@@H](C(=O)N3CCN([C@@H]4CCS(=O)(=O)C4)CC3)C2)cc1. The number of piperazine rings is 1. The zero-order valence-corrected chi connectivity index (χ0v) is 20.0. The van der Waals surface area contributed by atoms with E-state index in [0.717, 1.165) is 0 Å². The number of nitrogens with zero attached hydrogens (tertiary/aromatic N) is 3. The summed E-state index contributed by atoms with van der Waals surface area (Å²) in [4.78, 5) is 17.3. The van der Waals surface area contributed by atoms with Gasteiger partial charge >= 0.3 is 0 Å². The Hall–Kier alpha value is -1.69. The molecule has 3 aliphatic rings. The third-order valence-corrected chi connectivity index (χ3v) is 10.4. The Balaban J connectivity index is 1.35. The molecule has 3 heterocycles. The van der Waals surface area contributed by atoms with Gasteiger partial charge in [0.25, 0.3) is 0 Å². The van der Waals surface area contributed by atoms with Crippen molar-refractivity contribution in [3.8, 4) is 5.75 Å². The van der Waals surface area contributed by atoms with Gasteiger partial charge in [0.1, 0.15) is 5.75 Å². The molecule has 1 aromatic carbocycles. The van der Waals surface area contributed by atoms with Crippen LogP contribution in [-0.4, -0.2) is 101 Å². The smallest absolute Gasteiger partial charge is 0.243 e. The molecule has 0 aliphatic carbocycles. The molecule has 3 aliphatic heterocycles. The van der Waals surface area contributed by atoms with Crippen LogP contribution >= 0.6 is 0 Å². The molecule has 0 saturated carbocycles. The minimum atomic E-state index is -3.67. The van der Waals surface area contributed by atoms with Gasteiger partial charge in [0.2, 0.25) is 15.9 Å². The summed E-state index contributed by atoms with van der Waals surface area (Å²) in [5.41, 5.74) is 0. The van der Waals surface area contributed by atoms with Crippen LogP contribution in [0.5, 0.6) is 5.75 Å². The zero-order valence-electron chi connectivity index (χ0n) is 18.3. The van der Waals surface area contributed by atoms with Gasteiger partial charge in [-0.2, -0.15) is 4.31 Å². The van der Waals surface area contributed by atoms with Gasteiger partial charge in [0.15, 0.2) is 9.84 Å². The van der Waals surface area contributed by atoms with Gasteiger partial charge in [-0.25, -0.2) is 16.8 Å². The van der Waals surface area contributed by atoms with Crippen LogP contribution < -0.4 is 4.74 Å². The first kappa shape index (κ1) is 23.5. The fourth-order valence-electron chi connectivity index (χ4n) is 4.89. The standard InChI is InChI=1S/C21H31N3O6S2/c1-30-19-4-6-20(7-5-19)32(28,29)24-9-2-3-17(15-24)21(25)23-12-10-22(11-13-23)18-8-14-31(26,27)16-18/h4-7,17-18H,2-3,8-16H2,1H3/t17-,18-/m1/s1. The fourth-order valence-corrected chi connectivity index (χ4v) is 8.17. The third kappa shape index (κ3) is 4.95. The van der Waals surface area contributed by atoms with Crippen LogP contribution in [0.3, 0.4) is 0 Å². The topological polar surface area (TPSA) is 104 Å². The Morgan fingerprint density at radius 3 is 2.31 bits per heavy atom. The van der Waals surface area contributed by atoms with E-state index in [0.29, 0.717) is 57.7 Å². The zero-order chi connectivity index (χ0) is 22.9. The van der Waals surface area contributed by atoms with Crippen molar-refractivity contribution in [1.82, 2.24) is 14.1 Å². The molecular weight excluding hydrogens is 454 g/mol. The number of hydrogen-bond donors (Lipinski definition) is 0. The molecule has 0 aromatic heterocycles. The lowest BCUT2D eigenvalue weighted by molar-refractivity contribution is -0.138. The molecule has 0 unspecified atom stereocenters. The van der Waals surface area contributed by atoms with Crippen molar-refractivity contribution in [2.24, 2.45) is 5.92 Å². The van der Waals surface area contributed by atoms with Crippen LogP contribution in [0.15, 0.2) is 29.2 Å². The van der Waals surface area contributed by atoms with Crippen molar-refractivity contribution in [3.63, 3.8) is 0 Å². The monoisotopic (exact) mass is 485 g/mol. The van der Waals surface area contributed by atoms with Crippen molar-refractivity contribution in [2.75, 3.05) is 57.9 Å². The number of hydrogen-bond acceptors (Lipinski definition) is 7. The first-order valence-electron chi connectivity index (χ1n) is 11.1. The number of amides is 1. The van der Waals surface area contributed by atoms with Gasteiger partial charge in [0.05, 0.1) is 29.4 Å². The molecule has 3 fully saturated rings. The molecular formula is C21H31N3O6S2. The summed E-state index contributed by atoms with van der Waals surface area (Å²) in [6, 6.07) is 6.35. The molecule has 32 heavy (non-hydrogen) atoms. The Bertz CT molecular complexity index is 1030. The van der Waals surface area contributed by atoms with Gasteiger partial charge in [-0.1, -0.05) is 0 Å². The highest BCUT2D eigenvalue weighted by Gasteiger charge is 2.38. The van der Waals surface area contributed by atoms with Gasteiger partial charge < -0.3 is 9.64 Å². The quantitative estimate of drug-likeness (QED) is 0.596. The second-order valence-electron chi connectivity index (χ2n) is 8.80. The molecule has 11 heteroatoms. The summed E-state index contributed by atoms with van der Waals surface area (Å²) >= 11 is 0. The number of benzene rings is 1. The van der Waals surface area contributed by atoms with Crippen molar-refractivity contribution in [3.05, 3.63) is 24.3 Å². The van der Waals surface area contributed by atoms with E-state index in [1.165, 1.54) is 23.5 Å². The van der Waals surface area contributed by atoms with Gasteiger partial charge in [-0.05, 0) is 43.5 Å². The summed E-state index contributed by atoms with van der Waals surface area (Å²) < 4.78 is 56.2. The minimum Gasteiger partial charge on any atom is -0.497 e. The molecule has 4 rings (SSSR count). The predicted molar refractivity (Wildman–Crippen MR) is 120 cm³/mol. The third-order valence-electron chi connectivity index (χ3n) is 6.78. The number of carbonyl (C=O) groups excluding carboxylic acids is 1. The molecule has 1 amide bonds. The molecule has 178 valence electrons. The number of methoxy groups -OCH3 is 1. The maximum absolute atomic E-state index is 13.2. The van der Waals surface area contributed by atoms with Crippen molar-refractivity contribution in [1.29, 1.82) is 0 Å². The number of piperidine rings is 1. The van der Waals surface area contributed by atoms with Crippen LogP contribution in [-0.2, 0) is 24.7 Å². The Morgan fingerprint density at radius 2 is 1.72 bits per heavy atom. The largest absolute Gasteiger partial charge is 0.497 e. The summed E-state index contributed by atoms with van der Waals surface area (Å²) in [5.74, 6) is 0.692. The molecule has 2 atom stereocenters. The lowest BCUT2D eigenvalue weighted by Crippen LogP contribution is -2.55. The normalized spacial score (nSPS) is 27.3. The first-order chi connectivity index (χ1) is 15.2. The summed E-state index contributed by atoms with van der Waals surface area (Å²) in [7, 11) is -5.08. The van der Waals surface area contributed by atoms with E-state index in [2.05, 4.69) is 4.90 Å². The lowest BCUT2D eigenvalue weighted by Gasteiger charge is -2.40. The maximum Gasteiger partial charge on any atom is 0.243 e. The average molecular weight is 486 g/mol. The molecule has 0 spiro atoms. The van der Waals surface area contributed by atoms with Crippen LogP contribution in [0, 0.1) is 5.92 Å². The molecule has 3 saturated heterocycles. The van der Waals surface area contributed by atoms with E-state index in [1.807, 2.05) is 4.90 Å². The second-order valence-corrected chi connectivity index (χ2v) is 13.0. The summed E-state index contributed by atoms with van der Waals surface area (Å²) in [5, 5.41) is 0. The van der Waals surface area contributed by atoms with E-state index in [4.69, 9.17) is 4.74 Å². The molecule has 0 N–H and O–H groups in total. The van der Waals surface area contributed by atoms with Crippen molar-refractivity contribution >= 4 is 25.8 Å². The van der Waals surface area contributed by atoms with Crippen LogP contribution in [0.1, 0.15) is 19.3 Å². The first-order valence-corrected chi connectivity index (χ1v) is 14.3. The molecule has 0 radical (unpaired) electrons. The van der Waals surface area contributed by atoms with Crippen molar-refractivity contribution < 1.29 is 26.4 Å². The number of sulfonamides is 1. The van der Waals surface area contributed by atoms with E-state index in [1.54, 1.807) is 12.1 Å². The molecule has 1 aromatic rings. The highest BCUT2D eigenvalue weighted by atomic mass is 32.2. The van der Waals surface area contributed by atoms with E-state index in [-0.39, 0.29) is 40.8 Å². The van der Waals surface area contributed by atoms with E-state index in [9.17, 15) is 21.6 Å². The van der Waals surface area contributed by atoms with Gasteiger partial charge in [-0.15, -0.1) is 0 Å². The average Bonchev–Trinajstić information content (AvgIpc) is 3.18. The number of rotatable bonds is 5. The van der Waals surface area contributed by atoms with E-state index < -0.39 is 19.9 Å². The number of ether oxygens (including phenoxy) is 1. The van der Waals surface area contributed by atoms with Crippen LogP contribution in [0.4, 0.5) is 0 Å². The van der Waals surface area contributed by atoms with Crippen molar-refractivity contribution in [2.45, 2.75) is 30.2 Å². The Kier molecular flexibility index (Phi) is 6.81. The fraction of sp³-hybridized carbons (Fsp3) is 0.667. The second kappa shape index (κ2) is 9.28. The predicted octanol–water partition coefficient (Wildman–Crippen LogP) is 0.427. The molecule has 9 nitrogen and oxygen atoms in total. The number of carbonyl (C=O) groups is 1.